The molecule has 0 atom stereocenters. The van der Waals surface area contributed by atoms with Gasteiger partial charge in [-0.2, -0.15) is 0 Å². The van der Waals surface area contributed by atoms with Gasteiger partial charge in [0.15, 0.2) is 0 Å². The molecule has 4 heteroatoms. The van der Waals surface area contributed by atoms with E-state index in [9.17, 15) is 4.79 Å². The maximum absolute atomic E-state index is 9.79. The second-order valence-corrected chi connectivity index (χ2v) is 0.897. The Labute approximate surface area is 40.3 Å². The highest BCUT2D eigenvalue weighted by molar-refractivity contribution is 5.72. The number of hydrogen-bond acceptors (Lipinski definition) is 4. The van der Waals surface area contributed by atoms with Gasteiger partial charge in [0.05, 0.1) is 7.11 Å². The molecule has 0 aromatic heterocycles. The van der Waals surface area contributed by atoms with Gasteiger partial charge in [-0.1, -0.05) is 0 Å². The molecular formula is C3H6O4. The minimum Gasteiger partial charge on any atom is -0.465 e. The number of aliphatic hydroxyl groups excluding tert-OH is 1. The molecule has 0 aliphatic rings. The van der Waals surface area contributed by atoms with Crippen molar-refractivity contribution >= 4 is 5.97 Å². The van der Waals surface area contributed by atoms with E-state index in [2.05, 4.69) is 4.74 Å². The maximum atomic E-state index is 9.79. The number of aliphatic hydroxyl groups is 2. The van der Waals surface area contributed by atoms with Crippen LogP contribution in [0.25, 0.3) is 0 Å². The van der Waals surface area contributed by atoms with Crippen LogP contribution in [0.2, 0.25) is 0 Å². The first-order chi connectivity index (χ1) is 3.18. The minimum atomic E-state index is -2.00. The van der Waals surface area contributed by atoms with E-state index in [1.165, 1.54) is 0 Å². The standard InChI is InChI=1S/C3H6O4/c1-7-3(6)2(4)5/h2,4-5H,1H3. The first-order valence-electron chi connectivity index (χ1n) is 1.62. The molecule has 0 rings (SSSR count). The van der Waals surface area contributed by atoms with E-state index in [0.29, 0.717) is 0 Å². The highest BCUT2D eigenvalue weighted by Crippen LogP contribution is 1.76. The van der Waals surface area contributed by atoms with Crippen LogP contribution in [0.4, 0.5) is 0 Å². The van der Waals surface area contributed by atoms with Crippen molar-refractivity contribution in [2.75, 3.05) is 7.11 Å². The molecule has 0 aliphatic heterocycles. The first-order valence-corrected chi connectivity index (χ1v) is 1.62. The summed E-state index contributed by atoms with van der Waals surface area (Å²) < 4.78 is 3.87. The largest absolute Gasteiger partial charge is 0.465 e. The third-order valence-corrected chi connectivity index (χ3v) is 0.412. The van der Waals surface area contributed by atoms with Crippen LogP contribution in [0.5, 0.6) is 0 Å². The molecule has 0 fully saturated rings. The van der Waals surface area contributed by atoms with E-state index in [1.54, 1.807) is 0 Å². The Hall–Kier alpha value is -0.610. The second-order valence-electron chi connectivity index (χ2n) is 0.897. The summed E-state index contributed by atoms with van der Waals surface area (Å²) in [6.45, 7) is 0. The van der Waals surface area contributed by atoms with Crippen molar-refractivity contribution in [1.29, 1.82) is 0 Å². The Morgan fingerprint density at radius 3 is 2.14 bits per heavy atom. The molecule has 0 bridgehead atoms. The summed E-state index contributed by atoms with van der Waals surface area (Å²) >= 11 is 0. The fraction of sp³-hybridized carbons (Fsp3) is 0.667. The van der Waals surface area contributed by atoms with Gasteiger partial charge in [-0.05, 0) is 0 Å². The SMILES string of the molecule is COC(=O)C(O)O. The predicted molar refractivity (Wildman–Crippen MR) is 20.2 cm³/mol. The molecule has 42 valence electrons. The molecule has 0 aliphatic carbocycles. The van der Waals surface area contributed by atoms with Crippen LogP contribution >= 0.6 is 0 Å². The fourth-order valence-corrected chi connectivity index (χ4v) is 0.105. The van der Waals surface area contributed by atoms with Crippen LogP contribution in [0, 0.1) is 0 Å². The molecule has 4 nitrogen and oxygen atoms in total. The molecule has 0 spiro atoms. The van der Waals surface area contributed by atoms with E-state index in [-0.39, 0.29) is 0 Å². The van der Waals surface area contributed by atoms with Gasteiger partial charge in [0.2, 0.25) is 0 Å². The lowest BCUT2D eigenvalue weighted by molar-refractivity contribution is -0.169. The van der Waals surface area contributed by atoms with Gasteiger partial charge in [0, 0.05) is 0 Å². The van der Waals surface area contributed by atoms with E-state index < -0.39 is 12.3 Å². The van der Waals surface area contributed by atoms with Gasteiger partial charge in [-0.25, -0.2) is 4.79 Å². The van der Waals surface area contributed by atoms with Gasteiger partial charge in [0.25, 0.3) is 6.29 Å². The average molecular weight is 106 g/mol. The summed E-state index contributed by atoms with van der Waals surface area (Å²) in [6, 6.07) is 0. The number of carbonyl (C=O) groups excluding carboxylic acids is 1. The van der Waals surface area contributed by atoms with Gasteiger partial charge >= 0.3 is 5.97 Å². The molecule has 0 saturated carbocycles. The average Bonchev–Trinajstić information content (AvgIpc) is 1.65. The van der Waals surface area contributed by atoms with Gasteiger partial charge in [-0.15, -0.1) is 0 Å². The second kappa shape index (κ2) is 2.54. The summed E-state index contributed by atoms with van der Waals surface area (Å²) in [5.41, 5.74) is 0. The molecule has 0 amide bonds. The zero-order chi connectivity index (χ0) is 5.86. The Morgan fingerprint density at radius 1 is 1.71 bits per heavy atom. The normalized spacial score (nSPS) is 9.14. The van der Waals surface area contributed by atoms with Crippen LogP contribution in [-0.2, 0) is 9.53 Å². The third kappa shape index (κ3) is 2.13. The number of rotatable bonds is 1. The Balaban J connectivity index is 3.35. The molecule has 0 radical (unpaired) electrons. The van der Waals surface area contributed by atoms with Crippen LogP contribution in [0.15, 0.2) is 0 Å². The highest BCUT2D eigenvalue weighted by atomic mass is 16.6. The molecule has 7 heavy (non-hydrogen) atoms. The molecule has 0 aromatic rings. The van der Waals surface area contributed by atoms with Gasteiger partial charge in [0.1, 0.15) is 0 Å². The highest BCUT2D eigenvalue weighted by Gasteiger charge is 2.07. The maximum Gasteiger partial charge on any atom is 0.362 e. The number of hydrogen-bond donors (Lipinski definition) is 2. The van der Waals surface area contributed by atoms with Crippen LogP contribution in [0.3, 0.4) is 0 Å². The fourth-order valence-electron chi connectivity index (χ4n) is 0.105. The summed E-state index contributed by atoms with van der Waals surface area (Å²) in [4.78, 5) is 9.79. The van der Waals surface area contributed by atoms with Crippen molar-refractivity contribution in [1.82, 2.24) is 0 Å². The molecule has 2 N–H and O–H groups in total. The monoisotopic (exact) mass is 106 g/mol. The predicted octanol–water partition coefficient (Wildman–Crippen LogP) is -1.53. The van der Waals surface area contributed by atoms with E-state index in [4.69, 9.17) is 10.2 Å². The van der Waals surface area contributed by atoms with Crippen molar-refractivity contribution in [3.8, 4) is 0 Å². The first kappa shape index (κ1) is 6.39. The third-order valence-electron chi connectivity index (χ3n) is 0.412. The summed E-state index contributed by atoms with van der Waals surface area (Å²) in [7, 11) is 1.07. The van der Waals surface area contributed by atoms with E-state index in [1.807, 2.05) is 0 Å². The molecule has 0 aromatic carbocycles. The van der Waals surface area contributed by atoms with Crippen molar-refractivity contribution < 1.29 is 19.7 Å². The molecular weight excluding hydrogens is 100 g/mol. The van der Waals surface area contributed by atoms with Crippen molar-refractivity contribution in [2.45, 2.75) is 6.29 Å². The number of esters is 1. The van der Waals surface area contributed by atoms with Crippen molar-refractivity contribution in [3.63, 3.8) is 0 Å². The number of carbonyl (C=O) groups is 1. The Morgan fingerprint density at radius 2 is 2.14 bits per heavy atom. The lowest BCUT2D eigenvalue weighted by atomic mass is 10.7. The van der Waals surface area contributed by atoms with Crippen LogP contribution < -0.4 is 0 Å². The summed E-state index contributed by atoms with van der Waals surface area (Å²) in [5, 5.41) is 15.8. The van der Waals surface area contributed by atoms with Crippen LogP contribution in [0.1, 0.15) is 0 Å². The smallest absolute Gasteiger partial charge is 0.362 e. The number of ether oxygens (including phenoxy) is 1. The molecule has 0 unspecified atom stereocenters. The zero-order valence-corrected chi connectivity index (χ0v) is 3.79. The minimum absolute atomic E-state index is 1.04. The summed E-state index contributed by atoms with van der Waals surface area (Å²) in [6.07, 6.45) is -2.00. The van der Waals surface area contributed by atoms with Crippen LogP contribution in [-0.4, -0.2) is 29.6 Å². The lowest BCUT2D eigenvalue weighted by Crippen LogP contribution is -2.20. The Kier molecular flexibility index (Phi) is 2.32. The van der Waals surface area contributed by atoms with Gasteiger partial charge in [-0.3, -0.25) is 0 Å². The van der Waals surface area contributed by atoms with Crippen molar-refractivity contribution in [2.24, 2.45) is 0 Å². The molecule has 0 saturated heterocycles. The van der Waals surface area contributed by atoms with Gasteiger partial charge < -0.3 is 14.9 Å². The number of methoxy groups -OCH3 is 1. The Bertz CT molecular complexity index is 67.3. The quantitative estimate of drug-likeness (QED) is 0.314. The topological polar surface area (TPSA) is 66.8 Å². The lowest BCUT2D eigenvalue weighted by Gasteiger charge is -1.96. The van der Waals surface area contributed by atoms with Crippen molar-refractivity contribution in [3.05, 3.63) is 0 Å². The zero-order valence-electron chi connectivity index (χ0n) is 3.79. The van der Waals surface area contributed by atoms with E-state index >= 15 is 0 Å². The van der Waals surface area contributed by atoms with E-state index in [0.717, 1.165) is 7.11 Å². The summed E-state index contributed by atoms with van der Waals surface area (Å²) in [5.74, 6) is -1.04. The molecule has 0 heterocycles.